The van der Waals surface area contributed by atoms with Gasteiger partial charge in [-0.15, -0.1) is 0 Å². The second kappa shape index (κ2) is 25.5. The fourth-order valence-corrected chi connectivity index (χ4v) is 7.98. The number of fused-ring (bicyclic) bond motifs is 1. The van der Waals surface area contributed by atoms with Gasteiger partial charge >= 0.3 is 16.2 Å². The Kier molecular flexibility index (Phi) is 20.2. The number of hydrogen-bond acceptors (Lipinski definition) is 18. The Morgan fingerprint density at radius 2 is 1.39 bits per heavy atom. The molecule has 0 saturated heterocycles. The second-order valence-electron chi connectivity index (χ2n) is 15.2. The van der Waals surface area contributed by atoms with Gasteiger partial charge in [0.2, 0.25) is 5.69 Å². The van der Waals surface area contributed by atoms with Crippen LogP contribution in [0.1, 0.15) is 59.1 Å². The number of anilines is 1. The molecule has 25 heteroatoms. The summed E-state index contributed by atoms with van der Waals surface area (Å²) in [5, 5.41) is 54.6. The van der Waals surface area contributed by atoms with Gasteiger partial charge in [0.25, 0.3) is 0 Å². The molecule has 21 nitrogen and oxygen atoms in total. The van der Waals surface area contributed by atoms with E-state index in [2.05, 4.69) is 98.9 Å². The van der Waals surface area contributed by atoms with E-state index < -0.39 is 16.0 Å². The van der Waals surface area contributed by atoms with E-state index in [4.69, 9.17) is 21.1 Å². The van der Waals surface area contributed by atoms with Gasteiger partial charge in [0.1, 0.15) is 35.7 Å². The number of halogens is 1. The summed E-state index contributed by atoms with van der Waals surface area (Å²) in [4.78, 5) is 63.5. The summed E-state index contributed by atoms with van der Waals surface area (Å²) in [6.07, 6.45) is 13.3. The van der Waals surface area contributed by atoms with Gasteiger partial charge < -0.3 is 44.8 Å². The molecule has 3 heterocycles. The summed E-state index contributed by atoms with van der Waals surface area (Å²) < 4.78 is 13.1. The van der Waals surface area contributed by atoms with Gasteiger partial charge in [0.05, 0.1) is 21.4 Å². The number of allylic oxidation sites excluding steroid dienone is 7. The Labute approximate surface area is 429 Å². The Morgan fingerprint density at radius 1 is 0.859 bits per heavy atom. The number of ether oxygens (including phenoxy) is 2. The predicted molar refractivity (Wildman–Crippen MR) is 266 cm³/mol. The van der Waals surface area contributed by atoms with Crippen LogP contribution in [0.3, 0.4) is 0 Å². The largest absolute Gasteiger partial charge is 0.514 e. The number of aliphatic hydroxyl groups excluding tert-OH is 2. The third kappa shape index (κ3) is 14.8. The molecule has 71 heavy (non-hydrogen) atoms. The van der Waals surface area contributed by atoms with Crippen LogP contribution in [0.15, 0.2) is 123 Å². The summed E-state index contributed by atoms with van der Waals surface area (Å²) in [7, 11) is 2.08. The van der Waals surface area contributed by atoms with Crippen molar-refractivity contribution in [3.63, 3.8) is 0 Å². The summed E-state index contributed by atoms with van der Waals surface area (Å²) in [6.45, 7) is 14.0. The minimum absolute atomic E-state index is 0. The number of ketones is 2. The van der Waals surface area contributed by atoms with Crippen molar-refractivity contribution in [2.45, 2.75) is 59.5 Å². The van der Waals surface area contributed by atoms with Crippen LogP contribution in [0.2, 0.25) is 5.02 Å². The first-order chi connectivity index (χ1) is 33.3. The van der Waals surface area contributed by atoms with Crippen LogP contribution in [0.4, 0.5) is 26.2 Å². The molecule has 1 aliphatic heterocycles. The number of nitrogens with zero attached hydrogens (tertiary/aromatic N) is 10. The molecule has 0 saturated carbocycles. The van der Waals surface area contributed by atoms with Crippen molar-refractivity contribution in [1.29, 1.82) is 0 Å². The van der Waals surface area contributed by atoms with E-state index >= 15 is 0 Å². The number of nitro groups is 2. The summed E-state index contributed by atoms with van der Waals surface area (Å²) in [5.41, 5.74) is 5.35. The molecule has 0 bridgehead atoms. The fourth-order valence-electron chi connectivity index (χ4n) is 6.70. The van der Waals surface area contributed by atoms with Crippen LogP contribution >= 0.6 is 34.3 Å². The molecule has 4 aromatic rings. The zero-order valence-electron chi connectivity index (χ0n) is 39.0. The van der Waals surface area contributed by atoms with Crippen LogP contribution in [0.5, 0.6) is 5.75 Å². The van der Waals surface area contributed by atoms with Crippen molar-refractivity contribution in [2.75, 3.05) is 25.0 Å². The predicted octanol–water partition coefficient (Wildman–Crippen LogP) is 8.12. The average molecular weight is 1070 g/mol. The van der Waals surface area contributed by atoms with E-state index in [0.29, 0.717) is 5.75 Å². The molecule has 0 amide bonds. The van der Waals surface area contributed by atoms with Gasteiger partial charge in [0.15, 0.2) is 17.3 Å². The first-order valence-corrected chi connectivity index (χ1v) is 23.2. The maximum atomic E-state index is 12.3. The van der Waals surface area contributed by atoms with Crippen LogP contribution < -0.4 is 29.2 Å². The minimum Gasteiger partial charge on any atom is -0.506 e. The molecule has 375 valence electrons. The van der Waals surface area contributed by atoms with Crippen molar-refractivity contribution >= 4 is 96.6 Å². The fraction of sp³-hybridized carbons (Fsp3) is 0.261. The van der Waals surface area contributed by atoms with Gasteiger partial charge in [0, 0.05) is 104 Å². The third-order valence-electron chi connectivity index (χ3n) is 10.3. The van der Waals surface area contributed by atoms with E-state index in [1.807, 2.05) is 24.3 Å². The number of carbonyl (C=O) groups excluding carboxylic acids is 3. The smallest absolute Gasteiger partial charge is 0.506 e. The molecule has 2 aromatic carbocycles. The number of carbonyl (C=O) groups is 3. The van der Waals surface area contributed by atoms with Gasteiger partial charge in [-0.1, -0.05) is 41.2 Å². The number of rotatable bonds is 12. The molecular weight excluding hydrogens is 1030 g/mol. The molecule has 2 N–H and O–H groups in total. The molecule has 2 aliphatic carbocycles. The van der Waals surface area contributed by atoms with Crippen molar-refractivity contribution in [3.8, 4) is 5.75 Å². The van der Waals surface area contributed by atoms with Crippen LogP contribution in [0, 0.1) is 20.2 Å². The van der Waals surface area contributed by atoms with E-state index in [-0.39, 0.29) is 82.4 Å². The topological polar surface area (TPSA) is 280 Å². The monoisotopic (exact) mass is 1070 g/mol. The van der Waals surface area contributed by atoms with Gasteiger partial charge in [-0.3, -0.25) is 40.0 Å². The summed E-state index contributed by atoms with van der Waals surface area (Å²) in [6, 6.07) is 12.0. The Balaban J connectivity index is 0.000000250. The maximum absolute atomic E-state index is 12.3. The van der Waals surface area contributed by atoms with Gasteiger partial charge in [-0.05, 0) is 95.7 Å². The molecule has 3 aliphatic rings. The van der Waals surface area contributed by atoms with E-state index in [1.165, 1.54) is 29.9 Å². The first-order valence-electron chi connectivity index (χ1n) is 21.2. The molecule has 7 rings (SSSR count). The molecule has 2 aromatic heterocycles. The zero-order chi connectivity index (χ0) is 51.3. The van der Waals surface area contributed by atoms with Crippen LogP contribution in [-0.2, 0) is 36.5 Å². The van der Waals surface area contributed by atoms with E-state index in [0.717, 1.165) is 94.4 Å². The van der Waals surface area contributed by atoms with Crippen molar-refractivity contribution in [3.05, 3.63) is 149 Å². The summed E-state index contributed by atoms with van der Waals surface area (Å²) in [5.74, 6) is -0.839. The second-order valence-corrected chi connectivity index (χ2v) is 17.6. The van der Waals surface area contributed by atoms with Gasteiger partial charge in [-0.2, -0.15) is 4.58 Å². The van der Waals surface area contributed by atoms with Crippen molar-refractivity contribution < 1.29 is 65.3 Å². The van der Waals surface area contributed by atoms with E-state index in [1.54, 1.807) is 13.8 Å². The Bertz CT molecular complexity index is 2980. The van der Waals surface area contributed by atoms with Crippen LogP contribution in [0.25, 0.3) is 6.08 Å². The molecule has 1 atom stereocenters. The average Bonchev–Trinajstić information content (AvgIpc) is 4.04. The quantitative estimate of drug-likeness (QED) is 0.0338. The first kappa shape index (κ1) is 56.2. The van der Waals surface area contributed by atoms with Crippen molar-refractivity contribution in [1.82, 2.24) is 9.97 Å². The number of aliphatic hydroxyl groups is 2. The zero-order valence-corrected chi connectivity index (χ0v) is 42.4. The Hall–Kier alpha value is -7.38. The SMILES string of the molecule is CCN(CC)c1ccc(/C=C/C2=[N+](C)c3ccc(Cl)cc3C2(C)CC)c(OC(=O)OC(C)C)c1.O=C1C=CC(=NN=c2[n-]cc([N+](=O)[O-])s2)C(O)=C1.O=C1C=CC(=NN=c2[n-]cc([N+](=O)[O-])s2)C(O)=C1.[Co]. The molecule has 0 spiro atoms. The summed E-state index contributed by atoms with van der Waals surface area (Å²) >= 11 is 7.85. The molecule has 0 fully saturated rings. The van der Waals surface area contributed by atoms with E-state index in [9.17, 15) is 44.8 Å². The molecular formula is C46H46ClCoN10O11S2-. The maximum Gasteiger partial charge on any atom is 0.514 e. The normalized spacial score (nSPS) is 17.6. The Morgan fingerprint density at radius 3 is 1.85 bits per heavy atom. The van der Waals surface area contributed by atoms with Crippen LogP contribution in [-0.4, -0.2) is 85.7 Å². The number of hydrogen-bond donors (Lipinski definition) is 2. The standard InChI is InChI=1S/C28H36ClN2O3.2C9H6N4O4S.Co/c1-8-28(6)23-17-21(29)13-15-24(23)30(7)26(28)16-12-20-11-14-22(31(9-2)10-3)18-25(20)34-27(32)33-19(4)5;2*14-5-1-2-6(7(15)3-5)11-12-9-10-4-8(18-9)13(16)17;/h11-19H,8-10H2,1-7H3;2*1-4H,(H2,10,12,14,15);/q+1;;;/p-2. The number of thiazole rings is 2. The minimum atomic E-state index is -0.701. The third-order valence-corrected chi connectivity index (χ3v) is 12.2. The number of benzene rings is 2. The molecule has 1 radical (unpaired) electrons. The van der Waals surface area contributed by atoms with Gasteiger partial charge in [-0.25, -0.2) is 4.79 Å². The van der Waals surface area contributed by atoms with Crippen molar-refractivity contribution in [2.24, 2.45) is 20.4 Å². The number of aromatic nitrogens is 2. The molecule has 1 unspecified atom stereocenters.